The maximum atomic E-state index is 4.56. The molecule has 0 radical (unpaired) electrons. The van der Waals surface area contributed by atoms with Crippen LogP contribution in [0.15, 0.2) is 20.9 Å². The number of hydrogen-bond donors (Lipinski definition) is 1. The lowest BCUT2D eigenvalue weighted by Gasteiger charge is -1.82. The van der Waals surface area contributed by atoms with E-state index in [2.05, 4.69) is 31.6 Å². The van der Waals surface area contributed by atoms with Gasteiger partial charge in [-0.3, -0.25) is 0 Å². The van der Waals surface area contributed by atoms with Gasteiger partial charge < -0.3 is 10.7 Å². The first kappa shape index (κ1) is 6.80. The molecule has 8 heavy (non-hydrogen) atoms. The number of rotatable bonds is 3. The summed E-state index contributed by atoms with van der Waals surface area (Å²) >= 11 is 0. The highest BCUT2D eigenvalue weighted by Crippen LogP contribution is 1.77. The van der Waals surface area contributed by atoms with Crippen molar-refractivity contribution in [2.45, 2.75) is 6.92 Å². The van der Waals surface area contributed by atoms with E-state index in [1.807, 2.05) is 0 Å². The van der Waals surface area contributed by atoms with Crippen molar-refractivity contribution in [3.63, 3.8) is 0 Å². The summed E-state index contributed by atoms with van der Waals surface area (Å²) in [4.78, 5) is 4.38. The van der Waals surface area contributed by atoms with Crippen molar-refractivity contribution < 1.29 is 4.84 Å². The van der Waals surface area contributed by atoms with Crippen molar-refractivity contribution in [3.8, 4) is 0 Å². The molecule has 0 heterocycles. The maximum absolute atomic E-state index is 4.56. The third-order valence-corrected chi connectivity index (χ3v) is 0.315. The SMILES string of the molecule is CCON=NN=NN. The van der Waals surface area contributed by atoms with Gasteiger partial charge in [-0.25, -0.2) is 0 Å². The van der Waals surface area contributed by atoms with Crippen LogP contribution in [0.1, 0.15) is 6.92 Å². The van der Waals surface area contributed by atoms with Crippen LogP contribution in [-0.4, -0.2) is 6.61 Å². The Bertz CT molecular complexity index is 88.4. The molecular weight excluding hydrogens is 110 g/mol. The van der Waals surface area contributed by atoms with E-state index in [9.17, 15) is 0 Å². The van der Waals surface area contributed by atoms with E-state index >= 15 is 0 Å². The van der Waals surface area contributed by atoms with Gasteiger partial charge in [-0.05, 0) is 12.1 Å². The van der Waals surface area contributed by atoms with Crippen LogP contribution in [0.3, 0.4) is 0 Å². The number of nitrogens with zero attached hydrogens (tertiary/aromatic N) is 4. The zero-order valence-electron chi connectivity index (χ0n) is 4.48. The number of nitrogens with two attached hydrogens (primary N) is 1. The molecule has 0 amide bonds. The second kappa shape index (κ2) is 5.80. The van der Waals surface area contributed by atoms with Crippen molar-refractivity contribution in [2.75, 3.05) is 6.61 Å². The maximum Gasteiger partial charge on any atom is 0.116 e. The van der Waals surface area contributed by atoms with Gasteiger partial charge in [-0.2, -0.15) is 0 Å². The summed E-state index contributed by atoms with van der Waals surface area (Å²) in [5, 5.41) is 11.8. The Kier molecular flexibility index (Phi) is 4.93. The van der Waals surface area contributed by atoms with Crippen LogP contribution in [0.2, 0.25) is 0 Å². The summed E-state index contributed by atoms with van der Waals surface area (Å²) in [5.41, 5.74) is 0. The normalized spacial score (nSPS) is 11.1. The highest BCUT2D eigenvalue weighted by atomic mass is 16.6. The van der Waals surface area contributed by atoms with E-state index in [0.717, 1.165) is 0 Å². The molecule has 0 aliphatic carbocycles. The molecule has 6 heteroatoms. The molecule has 0 spiro atoms. The first-order chi connectivity index (χ1) is 3.91. The molecule has 46 valence electrons. The third kappa shape index (κ3) is 4.80. The van der Waals surface area contributed by atoms with Gasteiger partial charge in [0.25, 0.3) is 0 Å². The Balaban J connectivity index is 3.07. The first-order valence-electron chi connectivity index (χ1n) is 2.04. The van der Waals surface area contributed by atoms with Crippen molar-refractivity contribution >= 4 is 0 Å². The average Bonchev–Trinajstić information content (AvgIpc) is 1.81. The van der Waals surface area contributed by atoms with Crippen LogP contribution in [0.5, 0.6) is 0 Å². The Labute approximate surface area is 46.3 Å². The van der Waals surface area contributed by atoms with E-state index in [1.165, 1.54) is 0 Å². The molecule has 0 fully saturated rings. The number of hydrogen-bond acceptors (Lipinski definition) is 3. The van der Waals surface area contributed by atoms with Gasteiger partial charge in [0.15, 0.2) is 0 Å². The lowest BCUT2D eigenvalue weighted by Crippen LogP contribution is -1.75. The molecule has 0 bridgehead atoms. The van der Waals surface area contributed by atoms with E-state index in [0.29, 0.717) is 6.61 Å². The van der Waals surface area contributed by atoms with Crippen molar-refractivity contribution in [1.82, 2.24) is 0 Å². The monoisotopic (exact) mass is 117 g/mol. The van der Waals surface area contributed by atoms with Crippen LogP contribution < -0.4 is 5.84 Å². The van der Waals surface area contributed by atoms with Crippen LogP contribution in [0, 0.1) is 0 Å². The largest absolute Gasteiger partial charge is 0.378 e. The molecule has 0 aromatic carbocycles. The molecule has 0 aliphatic heterocycles. The van der Waals surface area contributed by atoms with Crippen LogP contribution >= 0.6 is 0 Å². The fraction of sp³-hybridized carbons (Fsp3) is 1.00. The zero-order valence-corrected chi connectivity index (χ0v) is 4.48. The highest BCUT2D eigenvalue weighted by Gasteiger charge is 1.66. The lowest BCUT2D eigenvalue weighted by molar-refractivity contribution is 0.134. The molecule has 0 saturated heterocycles. The summed E-state index contributed by atoms with van der Waals surface area (Å²) in [6.07, 6.45) is 0. The smallest absolute Gasteiger partial charge is 0.116 e. The van der Waals surface area contributed by atoms with Gasteiger partial charge in [-0.1, -0.05) is 5.22 Å². The average molecular weight is 117 g/mol. The van der Waals surface area contributed by atoms with Crippen molar-refractivity contribution in [1.29, 1.82) is 0 Å². The summed E-state index contributed by atoms with van der Waals surface area (Å²) in [6.45, 7) is 2.24. The highest BCUT2D eigenvalue weighted by molar-refractivity contribution is 4.01. The van der Waals surface area contributed by atoms with Gasteiger partial charge in [0.2, 0.25) is 0 Å². The Morgan fingerprint density at radius 1 is 1.50 bits per heavy atom. The molecule has 0 saturated carbocycles. The second-order valence-electron chi connectivity index (χ2n) is 0.794. The molecule has 0 aliphatic rings. The minimum atomic E-state index is 0.462. The first-order valence-corrected chi connectivity index (χ1v) is 2.04. The van der Waals surface area contributed by atoms with E-state index in [-0.39, 0.29) is 0 Å². The Hall–Kier alpha value is -1.20. The van der Waals surface area contributed by atoms with Gasteiger partial charge in [0.1, 0.15) is 6.61 Å². The van der Waals surface area contributed by atoms with E-state index < -0.39 is 0 Å². The van der Waals surface area contributed by atoms with E-state index in [4.69, 9.17) is 0 Å². The predicted molar refractivity (Wildman–Crippen MR) is 25.5 cm³/mol. The summed E-state index contributed by atoms with van der Waals surface area (Å²) in [7, 11) is 0. The van der Waals surface area contributed by atoms with Crippen LogP contribution in [0.25, 0.3) is 0 Å². The molecule has 2 N–H and O–H groups in total. The molecule has 0 aromatic rings. The predicted octanol–water partition coefficient (Wildman–Crippen LogP) is 0.631. The molecule has 6 nitrogen and oxygen atoms in total. The van der Waals surface area contributed by atoms with Crippen molar-refractivity contribution in [2.24, 2.45) is 26.8 Å². The Morgan fingerprint density at radius 2 is 2.25 bits per heavy atom. The second-order valence-corrected chi connectivity index (χ2v) is 0.794. The fourth-order valence-corrected chi connectivity index (χ4v) is 0.123. The van der Waals surface area contributed by atoms with Crippen LogP contribution in [0.4, 0.5) is 0 Å². The van der Waals surface area contributed by atoms with Gasteiger partial charge in [0, 0.05) is 10.5 Å². The van der Waals surface area contributed by atoms with Crippen molar-refractivity contribution in [3.05, 3.63) is 0 Å². The molecule has 0 unspecified atom stereocenters. The minimum absolute atomic E-state index is 0.462. The summed E-state index contributed by atoms with van der Waals surface area (Å²) in [5.74, 6) is 4.56. The fourth-order valence-electron chi connectivity index (χ4n) is 0.123. The quantitative estimate of drug-likeness (QED) is 0.334. The Morgan fingerprint density at radius 3 is 2.75 bits per heavy atom. The van der Waals surface area contributed by atoms with Gasteiger partial charge in [-0.15, -0.1) is 0 Å². The lowest BCUT2D eigenvalue weighted by atomic mass is 10.9. The standard InChI is InChI=1S/C2H7N5O/c1-2-8-7-6-5-4-3/h2H2,1H3,(H2,3,5,7). The molecule has 0 atom stereocenters. The third-order valence-electron chi connectivity index (χ3n) is 0.315. The topological polar surface area (TPSA) is 84.7 Å². The van der Waals surface area contributed by atoms with Gasteiger partial charge in [0.05, 0.1) is 0 Å². The van der Waals surface area contributed by atoms with Gasteiger partial charge >= 0.3 is 0 Å². The summed E-state index contributed by atoms with van der Waals surface area (Å²) in [6, 6.07) is 0. The molecule has 0 aromatic heterocycles. The van der Waals surface area contributed by atoms with E-state index in [1.54, 1.807) is 6.92 Å². The molecule has 0 rings (SSSR count). The van der Waals surface area contributed by atoms with Crippen LogP contribution in [-0.2, 0) is 4.84 Å². The summed E-state index contributed by atoms with van der Waals surface area (Å²) < 4.78 is 0. The minimum Gasteiger partial charge on any atom is -0.378 e. The molecular formula is C2H7N5O. The zero-order chi connectivity index (χ0) is 6.24.